The van der Waals surface area contributed by atoms with Gasteiger partial charge in [-0.3, -0.25) is 14.7 Å². The van der Waals surface area contributed by atoms with E-state index in [-0.39, 0.29) is 50.3 Å². The Kier molecular flexibility index (Phi) is 7.25. The van der Waals surface area contributed by atoms with Crippen molar-refractivity contribution in [3.05, 3.63) is 41.7 Å². The van der Waals surface area contributed by atoms with Gasteiger partial charge in [-0.1, -0.05) is 0 Å². The lowest BCUT2D eigenvalue weighted by Crippen LogP contribution is -2.52. The van der Waals surface area contributed by atoms with Gasteiger partial charge in [0.05, 0.1) is 30.9 Å². The third-order valence-electron chi connectivity index (χ3n) is 6.24. The number of aromatic nitrogens is 3. The molecule has 3 heterocycles. The minimum Gasteiger partial charge on any atom is -0.369 e. The Morgan fingerprint density at radius 1 is 1.19 bits per heavy atom. The number of nitrogens with one attached hydrogen (secondary N) is 1. The van der Waals surface area contributed by atoms with Crippen LogP contribution >= 0.6 is 0 Å². The second-order valence-corrected chi connectivity index (χ2v) is 9.06. The van der Waals surface area contributed by atoms with Crippen molar-refractivity contribution in [2.24, 2.45) is 11.7 Å². The molecule has 3 N–H and O–H groups in total. The summed E-state index contributed by atoms with van der Waals surface area (Å²) in [7, 11) is 0. The van der Waals surface area contributed by atoms with Crippen LogP contribution in [0.5, 0.6) is 0 Å². The highest BCUT2D eigenvalue weighted by Gasteiger charge is 2.44. The van der Waals surface area contributed by atoms with Crippen LogP contribution in [0.25, 0.3) is 0 Å². The summed E-state index contributed by atoms with van der Waals surface area (Å²) in [5.74, 6) is -6.10. The van der Waals surface area contributed by atoms with Crippen molar-refractivity contribution in [3.8, 4) is 0 Å². The first-order valence-electron chi connectivity index (χ1n) is 11.4. The number of hydrogen-bond acceptors (Lipinski definition) is 7. The summed E-state index contributed by atoms with van der Waals surface area (Å²) in [6, 6.07) is 2.06. The van der Waals surface area contributed by atoms with Gasteiger partial charge in [-0.2, -0.15) is 17.6 Å². The summed E-state index contributed by atoms with van der Waals surface area (Å²) in [5, 5.41) is 2.65. The lowest BCUT2D eigenvalue weighted by Gasteiger charge is -2.37. The number of nitrogens with zero attached hydrogens (tertiary/aromatic N) is 5. The molecule has 196 valence electrons. The highest BCUT2D eigenvalue weighted by atomic mass is 19.4. The molecular weight excluding hydrogens is 492 g/mol. The highest BCUT2D eigenvalue weighted by Crippen LogP contribution is 2.36. The average Bonchev–Trinajstić information content (AvgIpc) is 3.62. The molecule has 1 atom stereocenters. The molecule has 36 heavy (non-hydrogen) atoms. The van der Waals surface area contributed by atoms with E-state index in [1.54, 1.807) is 4.90 Å². The van der Waals surface area contributed by atoms with Crippen LogP contribution in [0, 0.1) is 11.7 Å². The van der Waals surface area contributed by atoms with Crippen LogP contribution < -0.4 is 16.0 Å². The molecule has 0 spiro atoms. The van der Waals surface area contributed by atoms with E-state index in [2.05, 4.69) is 20.3 Å². The van der Waals surface area contributed by atoms with Gasteiger partial charge in [0, 0.05) is 24.7 Å². The molecule has 8 nitrogen and oxygen atoms in total. The number of carbonyl (C=O) groups is 1. The number of rotatable bonds is 9. The van der Waals surface area contributed by atoms with Crippen LogP contribution in [0.15, 0.2) is 24.7 Å². The van der Waals surface area contributed by atoms with Crippen molar-refractivity contribution >= 4 is 17.5 Å². The summed E-state index contributed by atoms with van der Waals surface area (Å²) in [4.78, 5) is 25.6. The molecule has 2 aromatic heterocycles. The van der Waals surface area contributed by atoms with Gasteiger partial charge in [0.25, 0.3) is 5.92 Å². The second kappa shape index (κ2) is 10.1. The Balaban J connectivity index is 1.45. The molecule has 1 saturated heterocycles. The second-order valence-electron chi connectivity index (χ2n) is 9.06. The maximum absolute atomic E-state index is 15.3. The van der Waals surface area contributed by atoms with Gasteiger partial charge in [0.1, 0.15) is 6.33 Å². The smallest absolute Gasteiger partial charge is 0.369 e. The van der Waals surface area contributed by atoms with Crippen molar-refractivity contribution in [1.82, 2.24) is 19.9 Å². The SMILES string of the molecule is NC(=O)CN1CC[C@H](CNc2ncnc(N(Cc3ccc(C(F)(F)F)cn3)C3CC3)c2F)C(F)(F)C1. The van der Waals surface area contributed by atoms with E-state index in [0.717, 1.165) is 31.4 Å². The highest BCUT2D eigenvalue weighted by molar-refractivity contribution is 5.75. The van der Waals surface area contributed by atoms with E-state index in [1.165, 1.54) is 11.0 Å². The molecule has 0 radical (unpaired) electrons. The Hall–Kier alpha value is -3.16. The maximum Gasteiger partial charge on any atom is 0.417 e. The fraction of sp³-hybridized carbons (Fsp3) is 0.545. The number of hydrogen-bond donors (Lipinski definition) is 2. The van der Waals surface area contributed by atoms with Crippen LogP contribution in [0.4, 0.5) is 38.0 Å². The number of amides is 1. The number of anilines is 2. The Bertz CT molecular complexity index is 1080. The number of piperidine rings is 1. The van der Waals surface area contributed by atoms with Gasteiger partial charge in [-0.15, -0.1) is 0 Å². The average molecular weight is 517 g/mol. The number of primary amides is 1. The van der Waals surface area contributed by atoms with Gasteiger partial charge in [0.15, 0.2) is 11.6 Å². The Morgan fingerprint density at radius 2 is 1.94 bits per heavy atom. The third-order valence-corrected chi connectivity index (χ3v) is 6.24. The molecule has 0 unspecified atom stereocenters. The van der Waals surface area contributed by atoms with Crippen molar-refractivity contribution in [1.29, 1.82) is 0 Å². The zero-order valence-electron chi connectivity index (χ0n) is 19.1. The quantitative estimate of drug-likeness (QED) is 0.494. The number of likely N-dealkylation sites (tertiary alicyclic amines) is 1. The fourth-order valence-electron chi connectivity index (χ4n) is 4.19. The van der Waals surface area contributed by atoms with Crippen LogP contribution in [0.1, 0.15) is 30.5 Å². The van der Waals surface area contributed by atoms with Crippen LogP contribution in [0.2, 0.25) is 0 Å². The van der Waals surface area contributed by atoms with Crippen LogP contribution in [-0.2, 0) is 17.5 Å². The number of pyridine rings is 1. The van der Waals surface area contributed by atoms with E-state index >= 15 is 4.39 Å². The third kappa shape index (κ3) is 6.15. The van der Waals surface area contributed by atoms with Crippen molar-refractivity contribution in [2.75, 3.05) is 36.4 Å². The van der Waals surface area contributed by atoms with Crippen LogP contribution in [-0.4, -0.2) is 63.9 Å². The number of alkyl halides is 5. The molecular formula is C22H25F6N7O. The molecule has 14 heteroatoms. The van der Waals surface area contributed by atoms with Crippen molar-refractivity contribution < 1.29 is 31.1 Å². The predicted molar refractivity (Wildman–Crippen MR) is 118 cm³/mol. The zero-order valence-corrected chi connectivity index (χ0v) is 19.1. The fourth-order valence-corrected chi connectivity index (χ4v) is 4.19. The summed E-state index contributed by atoms with van der Waals surface area (Å²) >= 11 is 0. The lowest BCUT2D eigenvalue weighted by molar-refractivity contribution is -0.137. The molecule has 2 aromatic rings. The first-order valence-corrected chi connectivity index (χ1v) is 11.4. The van der Waals surface area contributed by atoms with E-state index in [0.29, 0.717) is 5.69 Å². The first kappa shape index (κ1) is 25.9. The number of carbonyl (C=O) groups excluding carboxylic acids is 1. The minimum absolute atomic E-state index is 0.0204. The predicted octanol–water partition coefficient (Wildman–Crippen LogP) is 3.05. The topological polar surface area (TPSA) is 100 Å². The molecule has 1 aliphatic carbocycles. The van der Waals surface area contributed by atoms with E-state index in [4.69, 9.17) is 5.73 Å². The molecule has 0 bridgehead atoms. The van der Waals surface area contributed by atoms with Gasteiger partial charge in [0.2, 0.25) is 11.7 Å². The van der Waals surface area contributed by atoms with Crippen molar-refractivity contribution in [2.45, 2.75) is 43.9 Å². The normalized spacial score (nSPS) is 20.2. The zero-order chi connectivity index (χ0) is 26.1. The summed E-state index contributed by atoms with van der Waals surface area (Å²) in [6.07, 6.45) is -1.15. The maximum atomic E-state index is 15.3. The van der Waals surface area contributed by atoms with Crippen LogP contribution in [0.3, 0.4) is 0 Å². The van der Waals surface area contributed by atoms with E-state index in [1.807, 2.05) is 0 Å². The van der Waals surface area contributed by atoms with Crippen molar-refractivity contribution in [3.63, 3.8) is 0 Å². The Morgan fingerprint density at radius 3 is 2.53 bits per heavy atom. The molecule has 0 aromatic carbocycles. The monoisotopic (exact) mass is 517 g/mol. The lowest BCUT2D eigenvalue weighted by atomic mass is 9.92. The van der Waals surface area contributed by atoms with Gasteiger partial charge < -0.3 is 16.0 Å². The van der Waals surface area contributed by atoms with Gasteiger partial charge in [-0.25, -0.2) is 18.7 Å². The first-order chi connectivity index (χ1) is 16.9. The van der Waals surface area contributed by atoms with Gasteiger partial charge in [-0.05, 0) is 37.9 Å². The van der Waals surface area contributed by atoms with Gasteiger partial charge >= 0.3 is 6.18 Å². The summed E-state index contributed by atoms with van der Waals surface area (Å²) < 4.78 is 83.0. The summed E-state index contributed by atoms with van der Waals surface area (Å²) in [5.41, 5.74) is 4.50. The van der Waals surface area contributed by atoms with E-state index < -0.39 is 41.8 Å². The molecule has 1 amide bonds. The van der Waals surface area contributed by atoms with E-state index in [9.17, 15) is 26.7 Å². The standard InChI is InChI=1S/C22H25F6N7O/c23-18-19(31-7-13-5-6-34(10-17(29)36)11-21(13,24)25)32-12-33-20(18)35(16-3-4-16)9-15-2-1-14(8-30-15)22(26,27)28/h1-2,8,12-13,16H,3-7,9-11H2,(H2,29,36)(H,31,32,33)/t13-/m1/s1. The molecule has 2 fully saturated rings. The molecule has 2 aliphatic rings. The minimum atomic E-state index is -4.52. The summed E-state index contributed by atoms with van der Waals surface area (Å²) in [6.45, 7) is -0.876. The number of nitrogens with two attached hydrogens (primary N) is 1. The molecule has 1 aliphatic heterocycles. The molecule has 1 saturated carbocycles. The largest absolute Gasteiger partial charge is 0.417 e. The number of halogens is 6. The molecule has 4 rings (SSSR count). The Labute approximate surface area is 202 Å².